The second-order valence-electron chi connectivity index (χ2n) is 3.82. The average molecular weight is 197 g/mol. The number of carbonyl (C=O) groups excluding carboxylic acids is 1. The molecule has 0 amide bonds. The number of rotatable bonds is 3. The normalized spacial score (nSPS) is 11.7. The average Bonchev–Trinajstić information content (AvgIpc) is 2.50. The smallest absolute Gasteiger partial charge is 0.187 e. The highest BCUT2D eigenvalue weighted by molar-refractivity contribution is 7.09. The molecule has 72 valence electrons. The first-order valence-corrected chi connectivity index (χ1v) is 5.32. The van der Waals surface area contributed by atoms with Gasteiger partial charge >= 0.3 is 0 Å². The van der Waals surface area contributed by atoms with E-state index in [0.29, 0.717) is 5.69 Å². The van der Waals surface area contributed by atoms with E-state index in [2.05, 4.69) is 4.98 Å². The Morgan fingerprint density at radius 2 is 2.23 bits per heavy atom. The molecule has 0 saturated carbocycles. The first-order chi connectivity index (χ1) is 5.97. The molecular formula is C10H15NOS. The molecule has 0 aliphatic carbocycles. The molecule has 0 aromatic carbocycles. The zero-order valence-electron chi connectivity index (χ0n) is 8.55. The second kappa shape index (κ2) is 3.58. The van der Waals surface area contributed by atoms with Gasteiger partial charge < -0.3 is 0 Å². The molecule has 1 aromatic heterocycles. The van der Waals surface area contributed by atoms with Crippen molar-refractivity contribution in [3.8, 4) is 0 Å². The topological polar surface area (TPSA) is 30.0 Å². The number of nitrogens with zero attached hydrogens (tertiary/aromatic N) is 1. The van der Waals surface area contributed by atoms with E-state index in [1.54, 1.807) is 0 Å². The fourth-order valence-corrected chi connectivity index (χ4v) is 1.57. The standard InChI is InChI=1S/C10H15NOS/c1-5-10(3,4)9(12)8-6-13-7(2)11-8/h6H,5H2,1-4H3. The SMILES string of the molecule is CCC(C)(C)C(=O)c1csc(C)n1. The molecule has 2 nitrogen and oxygen atoms in total. The van der Waals surface area contributed by atoms with Crippen molar-refractivity contribution in [2.24, 2.45) is 5.41 Å². The van der Waals surface area contributed by atoms with Gasteiger partial charge in [-0.25, -0.2) is 4.98 Å². The summed E-state index contributed by atoms with van der Waals surface area (Å²) < 4.78 is 0. The predicted molar refractivity (Wildman–Crippen MR) is 55.3 cm³/mol. The molecule has 1 heterocycles. The molecule has 0 radical (unpaired) electrons. The van der Waals surface area contributed by atoms with Gasteiger partial charge in [0.1, 0.15) is 5.69 Å². The van der Waals surface area contributed by atoms with E-state index in [1.165, 1.54) is 11.3 Å². The number of aryl methyl sites for hydroxylation is 1. The Bertz CT molecular complexity index is 314. The summed E-state index contributed by atoms with van der Waals surface area (Å²) in [4.78, 5) is 16.0. The maximum atomic E-state index is 11.9. The Morgan fingerprint density at radius 3 is 2.62 bits per heavy atom. The largest absolute Gasteiger partial charge is 0.292 e. The van der Waals surface area contributed by atoms with E-state index in [-0.39, 0.29) is 11.2 Å². The number of Topliss-reactive ketones (excluding diaryl/α,β-unsaturated/α-hetero) is 1. The predicted octanol–water partition coefficient (Wildman–Crippen LogP) is 3.07. The van der Waals surface area contributed by atoms with Crippen molar-refractivity contribution >= 4 is 17.1 Å². The highest BCUT2D eigenvalue weighted by Gasteiger charge is 2.27. The summed E-state index contributed by atoms with van der Waals surface area (Å²) in [6.45, 7) is 7.87. The third-order valence-electron chi connectivity index (χ3n) is 2.35. The number of hydrogen-bond acceptors (Lipinski definition) is 3. The highest BCUT2D eigenvalue weighted by Crippen LogP contribution is 2.25. The Labute approximate surface area is 83.0 Å². The van der Waals surface area contributed by atoms with Crippen molar-refractivity contribution in [3.05, 3.63) is 16.1 Å². The van der Waals surface area contributed by atoms with Crippen molar-refractivity contribution in [3.63, 3.8) is 0 Å². The minimum Gasteiger partial charge on any atom is -0.292 e. The van der Waals surface area contributed by atoms with Gasteiger partial charge in [0.15, 0.2) is 5.78 Å². The zero-order valence-corrected chi connectivity index (χ0v) is 9.36. The van der Waals surface area contributed by atoms with Crippen LogP contribution in [0.15, 0.2) is 5.38 Å². The molecule has 0 unspecified atom stereocenters. The van der Waals surface area contributed by atoms with Gasteiger partial charge in [-0.1, -0.05) is 20.8 Å². The summed E-state index contributed by atoms with van der Waals surface area (Å²) in [5.41, 5.74) is 0.343. The minimum absolute atomic E-state index is 0.152. The monoisotopic (exact) mass is 197 g/mol. The van der Waals surface area contributed by atoms with Crippen molar-refractivity contribution in [1.29, 1.82) is 0 Å². The molecule has 0 atom stereocenters. The highest BCUT2D eigenvalue weighted by atomic mass is 32.1. The third kappa shape index (κ3) is 2.15. The van der Waals surface area contributed by atoms with Crippen LogP contribution in [0, 0.1) is 12.3 Å². The zero-order chi connectivity index (χ0) is 10.1. The van der Waals surface area contributed by atoms with E-state index < -0.39 is 0 Å². The van der Waals surface area contributed by atoms with Crippen LogP contribution in [0.3, 0.4) is 0 Å². The lowest BCUT2D eigenvalue weighted by Gasteiger charge is -2.18. The van der Waals surface area contributed by atoms with Crippen LogP contribution in [-0.4, -0.2) is 10.8 Å². The van der Waals surface area contributed by atoms with Gasteiger partial charge in [0.25, 0.3) is 0 Å². The van der Waals surface area contributed by atoms with Crippen LogP contribution >= 0.6 is 11.3 Å². The Hall–Kier alpha value is -0.700. The van der Waals surface area contributed by atoms with Crippen LogP contribution in [0.2, 0.25) is 0 Å². The molecule has 0 saturated heterocycles. The fraction of sp³-hybridized carbons (Fsp3) is 0.600. The van der Waals surface area contributed by atoms with Gasteiger partial charge in [-0.05, 0) is 13.3 Å². The molecule has 1 aromatic rings. The molecular weight excluding hydrogens is 182 g/mol. The number of thiazole rings is 1. The van der Waals surface area contributed by atoms with E-state index in [9.17, 15) is 4.79 Å². The summed E-state index contributed by atoms with van der Waals surface area (Å²) in [6.07, 6.45) is 0.850. The summed E-state index contributed by atoms with van der Waals surface area (Å²) in [5.74, 6) is 0.152. The Morgan fingerprint density at radius 1 is 1.62 bits per heavy atom. The maximum absolute atomic E-state index is 11.9. The van der Waals surface area contributed by atoms with Gasteiger partial charge in [-0.2, -0.15) is 0 Å². The molecule has 3 heteroatoms. The van der Waals surface area contributed by atoms with Crippen molar-refractivity contribution in [1.82, 2.24) is 4.98 Å². The molecule has 0 N–H and O–H groups in total. The van der Waals surface area contributed by atoms with Gasteiger partial charge in [0.2, 0.25) is 0 Å². The summed E-state index contributed by atoms with van der Waals surface area (Å²) >= 11 is 1.53. The van der Waals surface area contributed by atoms with Gasteiger partial charge in [0.05, 0.1) is 5.01 Å². The van der Waals surface area contributed by atoms with Crippen LogP contribution < -0.4 is 0 Å². The maximum Gasteiger partial charge on any atom is 0.187 e. The third-order valence-corrected chi connectivity index (χ3v) is 3.12. The first kappa shape index (κ1) is 10.4. The lowest BCUT2D eigenvalue weighted by atomic mass is 9.84. The minimum atomic E-state index is -0.277. The van der Waals surface area contributed by atoms with E-state index in [4.69, 9.17) is 0 Å². The van der Waals surface area contributed by atoms with Gasteiger partial charge in [-0.15, -0.1) is 11.3 Å². The van der Waals surface area contributed by atoms with Crippen molar-refractivity contribution in [2.45, 2.75) is 34.1 Å². The Balaban J connectivity index is 2.91. The van der Waals surface area contributed by atoms with Crippen LogP contribution in [0.25, 0.3) is 0 Å². The lowest BCUT2D eigenvalue weighted by molar-refractivity contribution is 0.0828. The van der Waals surface area contributed by atoms with Crippen molar-refractivity contribution in [2.75, 3.05) is 0 Å². The quantitative estimate of drug-likeness (QED) is 0.697. The molecule has 0 aliphatic rings. The number of ketones is 1. The molecule has 13 heavy (non-hydrogen) atoms. The fourth-order valence-electron chi connectivity index (χ4n) is 0.975. The first-order valence-electron chi connectivity index (χ1n) is 4.44. The lowest BCUT2D eigenvalue weighted by Crippen LogP contribution is -2.23. The number of aromatic nitrogens is 1. The molecule has 0 bridgehead atoms. The Kier molecular flexibility index (Phi) is 2.86. The van der Waals surface area contributed by atoms with E-state index >= 15 is 0 Å². The van der Waals surface area contributed by atoms with E-state index in [0.717, 1.165) is 11.4 Å². The summed E-state index contributed by atoms with van der Waals surface area (Å²) in [7, 11) is 0. The summed E-state index contributed by atoms with van der Waals surface area (Å²) in [6, 6.07) is 0. The van der Waals surface area contributed by atoms with Crippen LogP contribution in [-0.2, 0) is 0 Å². The molecule has 1 rings (SSSR count). The van der Waals surface area contributed by atoms with Gasteiger partial charge in [0, 0.05) is 10.8 Å². The van der Waals surface area contributed by atoms with Gasteiger partial charge in [-0.3, -0.25) is 4.79 Å². The summed E-state index contributed by atoms with van der Waals surface area (Å²) in [5, 5.41) is 2.80. The second-order valence-corrected chi connectivity index (χ2v) is 4.88. The van der Waals surface area contributed by atoms with Crippen LogP contribution in [0.5, 0.6) is 0 Å². The number of carbonyl (C=O) groups is 1. The molecule has 0 spiro atoms. The molecule has 0 aliphatic heterocycles. The van der Waals surface area contributed by atoms with Crippen LogP contribution in [0.1, 0.15) is 42.7 Å². The van der Waals surface area contributed by atoms with E-state index in [1.807, 2.05) is 33.1 Å². The molecule has 0 fully saturated rings. The number of hydrogen-bond donors (Lipinski definition) is 0. The van der Waals surface area contributed by atoms with Crippen molar-refractivity contribution < 1.29 is 4.79 Å². The van der Waals surface area contributed by atoms with Crippen LogP contribution in [0.4, 0.5) is 0 Å².